The SMILES string of the molecule is CCOc1ccccc1OC1CCCN(c2cncc(NC(=O)C3CCN(CC(=O)O)CC3)n2)C1. The minimum absolute atomic E-state index is 0.0126. The first-order valence-corrected chi connectivity index (χ1v) is 12.2. The van der Waals surface area contributed by atoms with Gasteiger partial charge < -0.3 is 24.8 Å². The summed E-state index contributed by atoms with van der Waals surface area (Å²) in [7, 11) is 0. The minimum atomic E-state index is -0.844. The molecule has 2 N–H and O–H groups in total. The Balaban J connectivity index is 1.34. The van der Waals surface area contributed by atoms with Gasteiger partial charge in [0.25, 0.3) is 0 Å². The highest BCUT2D eigenvalue weighted by Crippen LogP contribution is 2.30. The van der Waals surface area contributed by atoms with Crippen LogP contribution in [0, 0.1) is 5.92 Å². The lowest BCUT2D eigenvalue weighted by Crippen LogP contribution is -2.42. The van der Waals surface area contributed by atoms with Crippen molar-refractivity contribution in [3.05, 3.63) is 36.7 Å². The first-order chi connectivity index (χ1) is 17.0. The largest absolute Gasteiger partial charge is 0.490 e. The van der Waals surface area contributed by atoms with E-state index in [1.54, 1.807) is 12.4 Å². The number of para-hydroxylation sites is 2. The third-order valence-corrected chi connectivity index (χ3v) is 6.34. The summed E-state index contributed by atoms with van der Waals surface area (Å²) >= 11 is 0. The van der Waals surface area contributed by atoms with E-state index >= 15 is 0 Å². The van der Waals surface area contributed by atoms with Gasteiger partial charge in [-0.2, -0.15) is 0 Å². The number of piperidine rings is 2. The predicted octanol–water partition coefficient (Wildman–Crippen LogP) is 2.66. The van der Waals surface area contributed by atoms with Crippen LogP contribution in [-0.4, -0.2) is 77.3 Å². The number of anilines is 2. The summed E-state index contributed by atoms with van der Waals surface area (Å²) < 4.78 is 12.0. The highest BCUT2D eigenvalue weighted by Gasteiger charge is 2.27. The van der Waals surface area contributed by atoms with Crippen LogP contribution >= 0.6 is 0 Å². The number of nitrogens with one attached hydrogen (secondary N) is 1. The quantitative estimate of drug-likeness (QED) is 0.555. The number of nitrogens with zero attached hydrogens (tertiary/aromatic N) is 4. The van der Waals surface area contributed by atoms with Gasteiger partial charge >= 0.3 is 5.97 Å². The summed E-state index contributed by atoms with van der Waals surface area (Å²) in [4.78, 5) is 36.6. The molecule has 1 atom stereocenters. The highest BCUT2D eigenvalue weighted by atomic mass is 16.5. The topological polar surface area (TPSA) is 117 Å². The Labute approximate surface area is 205 Å². The fourth-order valence-electron chi connectivity index (χ4n) is 4.59. The van der Waals surface area contributed by atoms with Crippen LogP contribution in [0.4, 0.5) is 11.6 Å². The number of rotatable bonds is 9. The molecule has 188 valence electrons. The lowest BCUT2D eigenvalue weighted by Gasteiger charge is -2.34. The fourth-order valence-corrected chi connectivity index (χ4v) is 4.59. The monoisotopic (exact) mass is 483 g/mol. The Hall–Kier alpha value is -3.40. The molecule has 35 heavy (non-hydrogen) atoms. The molecule has 0 aliphatic carbocycles. The second kappa shape index (κ2) is 11.8. The summed E-state index contributed by atoms with van der Waals surface area (Å²) in [6.07, 6.45) is 6.38. The molecule has 10 heteroatoms. The fraction of sp³-hybridized carbons (Fsp3) is 0.520. The van der Waals surface area contributed by atoms with E-state index in [1.165, 1.54) is 0 Å². The maximum atomic E-state index is 12.8. The number of carbonyl (C=O) groups is 2. The normalized spacial score (nSPS) is 19.2. The molecule has 1 aromatic carbocycles. The molecule has 0 radical (unpaired) electrons. The minimum Gasteiger partial charge on any atom is -0.490 e. The van der Waals surface area contributed by atoms with Gasteiger partial charge in [-0.25, -0.2) is 4.98 Å². The van der Waals surface area contributed by atoms with Gasteiger partial charge in [0, 0.05) is 12.5 Å². The maximum Gasteiger partial charge on any atom is 0.317 e. The van der Waals surface area contributed by atoms with Gasteiger partial charge in [-0.15, -0.1) is 0 Å². The summed E-state index contributed by atoms with van der Waals surface area (Å²) in [6.45, 7) is 5.23. The van der Waals surface area contributed by atoms with Crippen LogP contribution in [0.2, 0.25) is 0 Å². The summed E-state index contributed by atoms with van der Waals surface area (Å²) in [6, 6.07) is 7.70. The van der Waals surface area contributed by atoms with Crippen LogP contribution < -0.4 is 19.7 Å². The number of benzene rings is 1. The van der Waals surface area contributed by atoms with Gasteiger partial charge in [0.1, 0.15) is 11.9 Å². The zero-order chi connectivity index (χ0) is 24.6. The number of ether oxygens (including phenoxy) is 2. The molecule has 1 aromatic heterocycles. The molecule has 3 heterocycles. The van der Waals surface area contributed by atoms with E-state index in [1.807, 2.05) is 36.1 Å². The number of aliphatic carboxylic acids is 1. The highest BCUT2D eigenvalue weighted by molar-refractivity contribution is 5.91. The number of carboxylic acids is 1. The maximum absolute atomic E-state index is 12.8. The van der Waals surface area contributed by atoms with Crippen LogP contribution in [-0.2, 0) is 9.59 Å². The van der Waals surface area contributed by atoms with Gasteiger partial charge in [-0.3, -0.25) is 19.5 Å². The van der Waals surface area contributed by atoms with E-state index < -0.39 is 5.97 Å². The van der Waals surface area contributed by atoms with Gasteiger partial charge in [0.2, 0.25) is 5.91 Å². The average molecular weight is 484 g/mol. The van der Waals surface area contributed by atoms with Crippen molar-refractivity contribution in [3.8, 4) is 11.5 Å². The molecule has 0 saturated carbocycles. The number of amides is 1. The van der Waals surface area contributed by atoms with E-state index in [4.69, 9.17) is 14.6 Å². The van der Waals surface area contributed by atoms with E-state index in [0.717, 1.165) is 30.9 Å². The van der Waals surface area contributed by atoms with Crippen molar-refractivity contribution in [2.24, 2.45) is 5.92 Å². The molecule has 2 aliphatic rings. The van der Waals surface area contributed by atoms with Crippen molar-refractivity contribution < 1.29 is 24.2 Å². The van der Waals surface area contributed by atoms with E-state index in [2.05, 4.69) is 20.2 Å². The van der Waals surface area contributed by atoms with E-state index in [9.17, 15) is 9.59 Å². The Morgan fingerprint density at radius 3 is 2.63 bits per heavy atom. The predicted molar refractivity (Wildman–Crippen MR) is 131 cm³/mol. The van der Waals surface area contributed by atoms with Crippen molar-refractivity contribution in [2.45, 2.75) is 38.7 Å². The molecule has 1 amide bonds. The third kappa shape index (κ3) is 6.82. The number of carboxylic acid groups (broad SMARTS) is 1. The van der Waals surface area contributed by atoms with Crippen molar-refractivity contribution in [1.29, 1.82) is 0 Å². The van der Waals surface area contributed by atoms with Crippen LogP contribution in [0.5, 0.6) is 11.5 Å². The molecular weight excluding hydrogens is 450 g/mol. The second-order valence-corrected chi connectivity index (χ2v) is 8.90. The number of carbonyl (C=O) groups excluding carboxylic acids is 1. The van der Waals surface area contributed by atoms with Crippen molar-refractivity contribution >= 4 is 23.5 Å². The Kier molecular flexibility index (Phi) is 8.36. The Bertz CT molecular complexity index is 1010. The smallest absolute Gasteiger partial charge is 0.317 e. The molecule has 2 fully saturated rings. The Morgan fingerprint density at radius 2 is 1.89 bits per heavy atom. The van der Waals surface area contributed by atoms with Gasteiger partial charge in [-0.1, -0.05) is 12.1 Å². The summed E-state index contributed by atoms with van der Waals surface area (Å²) in [5, 5.41) is 11.8. The van der Waals surface area contributed by atoms with Crippen LogP contribution in [0.25, 0.3) is 0 Å². The molecule has 2 saturated heterocycles. The van der Waals surface area contributed by atoms with E-state index in [-0.39, 0.29) is 24.5 Å². The van der Waals surface area contributed by atoms with Crippen LogP contribution in [0.1, 0.15) is 32.6 Å². The van der Waals surface area contributed by atoms with Crippen molar-refractivity contribution in [2.75, 3.05) is 49.5 Å². The lowest BCUT2D eigenvalue weighted by atomic mass is 9.96. The first-order valence-electron chi connectivity index (χ1n) is 12.2. The standard InChI is InChI=1S/C25H33N5O5/c1-2-34-20-7-3-4-8-21(20)35-19-6-5-11-30(16-19)23-15-26-14-22(27-23)28-25(33)18-9-12-29(13-10-18)17-24(31)32/h3-4,7-8,14-15,18-19H,2,5-6,9-13,16-17H2,1H3,(H,31,32)(H,27,28,33). The second-order valence-electron chi connectivity index (χ2n) is 8.90. The Morgan fingerprint density at radius 1 is 1.11 bits per heavy atom. The molecule has 0 bridgehead atoms. The molecule has 4 rings (SSSR count). The lowest BCUT2D eigenvalue weighted by molar-refractivity contribution is -0.138. The molecule has 10 nitrogen and oxygen atoms in total. The van der Waals surface area contributed by atoms with Crippen LogP contribution in [0.15, 0.2) is 36.7 Å². The van der Waals surface area contributed by atoms with Crippen molar-refractivity contribution in [1.82, 2.24) is 14.9 Å². The van der Waals surface area contributed by atoms with Gasteiger partial charge in [-0.05, 0) is 57.8 Å². The summed E-state index contributed by atoms with van der Waals surface area (Å²) in [5.74, 6) is 1.50. The van der Waals surface area contributed by atoms with Gasteiger partial charge in [0.15, 0.2) is 17.3 Å². The average Bonchev–Trinajstić information content (AvgIpc) is 2.86. The van der Waals surface area contributed by atoms with E-state index in [0.29, 0.717) is 50.7 Å². The molecule has 2 aromatic rings. The molecular formula is C25H33N5O5. The third-order valence-electron chi connectivity index (χ3n) is 6.34. The molecule has 1 unspecified atom stereocenters. The zero-order valence-corrected chi connectivity index (χ0v) is 20.1. The molecule has 0 spiro atoms. The number of aromatic nitrogens is 2. The first kappa shape index (κ1) is 24.7. The van der Waals surface area contributed by atoms with Crippen molar-refractivity contribution in [3.63, 3.8) is 0 Å². The number of hydrogen-bond donors (Lipinski definition) is 2. The molecule has 2 aliphatic heterocycles. The van der Waals surface area contributed by atoms with Crippen LogP contribution in [0.3, 0.4) is 0 Å². The number of likely N-dealkylation sites (tertiary alicyclic amines) is 1. The zero-order valence-electron chi connectivity index (χ0n) is 20.1. The van der Waals surface area contributed by atoms with Gasteiger partial charge in [0.05, 0.1) is 32.1 Å². The number of hydrogen-bond acceptors (Lipinski definition) is 8. The summed E-state index contributed by atoms with van der Waals surface area (Å²) in [5.41, 5.74) is 0.